The fourth-order valence-corrected chi connectivity index (χ4v) is 1.81. The van der Waals surface area contributed by atoms with Gasteiger partial charge in [-0.05, 0) is 39.0 Å². The molecular formula is C16H20O6. The second kappa shape index (κ2) is 8.71. The van der Waals surface area contributed by atoms with Gasteiger partial charge in [0.15, 0.2) is 17.3 Å². The van der Waals surface area contributed by atoms with Crippen LogP contribution in [0, 0.1) is 0 Å². The van der Waals surface area contributed by atoms with Crippen LogP contribution in [0.3, 0.4) is 0 Å². The highest BCUT2D eigenvalue weighted by Crippen LogP contribution is 2.40. The van der Waals surface area contributed by atoms with Crippen molar-refractivity contribution in [3.8, 4) is 17.2 Å². The van der Waals surface area contributed by atoms with Crippen LogP contribution in [0.15, 0.2) is 24.3 Å². The zero-order valence-corrected chi connectivity index (χ0v) is 12.9. The quantitative estimate of drug-likeness (QED) is 0.558. The van der Waals surface area contributed by atoms with Gasteiger partial charge in [0.25, 0.3) is 0 Å². The van der Waals surface area contributed by atoms with Gasteiger partial charge in [-0.15, -0.1) is 0 Å². The third kappa shape index (κ3) is 4.51. The smallest absolute Gasteiger partial charge is 0.328 e. The summed E-state index contributed by atoms with van der Waals surface area (Å²) in [6.07, 6.45) is 1.77. The van der Waals surface area contributed by atoms with Crippen molar-refractivity contribution in [3.05, 3.63) is 29.8 Å². The number of carboxylic acid groups (broad SMARTS) is 1. The maximum absolute atomic E-state index is 12.1. The van der Waals surface area contributed by atoms with E-state index in [1.165, 1.54) is 6.07 Å². The largest absolute Gasteiger partial charge is 0.490 e. The number of ketones is 1. The number of ether oxygens (including phenoxy) is 3. The topological polar surface area (TPSA) is 82.1 Å². The summed E-state index contributed by atoms with van der Waals surface area (Å²) >= 11 is 0. The number of hydrogen-bond acceptors (Lipinski definition) is 5. The summed E-state index contributed by atoms with van der Waals surface area (Å²) in [6, 6.07) is 3.14. The van der Waals surface area contributed by atoms with Crippen molar-refractivity contribution >= 4 is 11.8 Å². The van der Waals surface area contributed by atoms with E-state index in [4.69, 9.17) is 19.3 Å². The molecule has 6 heteroatoms. The highest BCUT2D eigenvalue weighted by Gasteiger charge is 2.20. The first-order valence-corrected chi connectivity index (χ1v) is 7.05. The summed E-state index contributed by atoms with van der Waals surface area (Å²) in [5.74, 6) is -0.584. The van der Waals surface area contributed by atoms with Crippen LogP contribution < -0.4 is 14.2 Å². The molecule has 1 aromatic carbocycles. The standard InChI is InChI=1S/C16H20O6/c1-4-20-13-9-7-11(12(17)8-10-14(18)19)15(21-5-2)16(13)22-6-3/h7-10H,4-6H2,1-3H3,(H,18,19)/b10-8+. The molecule has 0 spiro atoms. The van der Waals surface area contributed by atoms with E-state index in [1.54, 1.807) is 13.0 Å². The Kier molecular flexibility index (Phi) is 6.95. The van der Waals surface area contributed by atoms with Gasteiger partial charge in [-0.2, -0.15) is 0 Å². The van der Waals surface area contributed by atoms with Gasteiger partial charge in [-0.25, -0.2) is 4.79 Å². The van der Waals surface area contributed by atoms with Crippen LogP contribution in [0.2, 0.25) is 0 Å². The van der Waals surface area contributed by atoms with Gasteiger partial charge in [0.2, 0.25) is 5.75 Å². The third-order valence-electron chi connectivity index (χ3n) is 2.60. The Morgan fingerprint density at radius 2 is 1.55 bits per heavy atom. The Morgan fingerprint density at radius 1 is 0.955 bits per heavy atom. The monoisotopic (exact) mass is 308 g/mol. The van der Waals surface area contributed by atoms with E-state index in [1.807, 2.05) is 13.8 Å². The second-order valence-corrected chi connectivity index (χ2v) is 4.10. The molecule has 0 aromatic heterocycles. The fraction of sp³-hybridized carbons (Fsp3) is 0.375. The lowest BCUT2D eigenvalue weighted by atomic mass is 10.1. The molecule has 1 N–H and O–H groups in total. The minimum Gasteiger partial charge on any atom is -0.490 e. The summed E-state index contributed by atoms with van der Waals surface area (Å²) in [4.78, 5) is 22.7. The first-order chi connectivity index (χ1) is 10.5. The van der Waals surface area contributed by atoms with Crippen molar-refractivity contribution < 1.29 is 28.9 Å². The van der Waals surface area contributed by atoms with Crippen molar-refractivity contribution in [2.45, 2.75) is 20.8 Å². The molecule has 0 aliphatic heterocycles. The lowest BCUT2D eigenvalue weighted by Crippen LogP contribution is -2.07. The maximum Gasteiger partial charge on any atom is 0.328 e. The molecule has 1 aromatic rings. The van der Waals surface area contributed by atoms with Gasteiger partial charge < -0.3 is 19.3 Å². The Balaban J connectivity index is 3.34. The molecule has 0 saturated carbocycles. The molecule has 1 rings (SSSR count). The van der Waals surface area contributed by atoms with Crippen LogP contribution in [-0.2, 0) is 4.79 Å². The van der Waals surface area contributed by atoms with E-state index < -0.39 is 11.8 Å². The molecule has 0 unspecified atom stereocenters. The summed E-state index contributed by atoms with van der Waals surface area (Å²) in [5, 5.41) is 8.62. The Labute approximate surface area is 129 Å². The molecule has 0 radical (unpaired) electrons. The summed E-state index contributed by atoms with van der Waals surface area (Å²) in [6.45, 7) is 6.58. The number of carboxylic acids is 1. The number of aliphatic carboxylic acids is 1. The number of carbonyl (C=O) groups is 2. The van der Waals surface area contributed by atoms with Crippen LogP contribution in [-0.4, -0.2) is 36.7 Å². The van der Waals surface area contributed by atoms with Crippen LogP contribution in [0.5, 0.6) is 17.2 Å². The maximum atomic E-state index is 12.1. The lowest BCUT2D eigenvalue weighted by Gasteiger charge is -2.17. The molecule has 120 valence electrons. The number of carbonyl (C=O) groups excluding carboxylic acids is 1. The Bertz CT molecular complexity index is 562. The number of allylic oxidation sites excluding steroid dienone is 1. The minimum atomic E-state index is -1.19. The van der Waals surface area contributed by atoms with Gasteiger partial charge in [0.1, 0.15) is 0 Å². The number of rotatable bonds is 9. The zero-order chi connectivity index (χ0) is 16.5. The van der Waals surface area contributed by atoms with E-state index in [0.29, 0.717) is 31.3 Å². The third-order valence-corrected chi connectivity index (χ3v) is 2.60. The van der Waals surface area contributed by atoms with E-state index >= 15 is 0 Å². The van der Waals surface area contributed by atoms with E-state index in [0.717, 1.165) is 12.2 Å². The summed E-state index contributed by atoms with van der Waals surface area (Å²) < 4.78 is 16.6. The predicted molar refractivity (Wildman–Crippen MR) is 81.1 cm³/mol. The molecule has 22 heavy (non-hydrogen) atoms. The van der Waals surface area contributed by atoms with Crippen molar-refractivity contribution in [3.63, 3.8) is 0 Å². The van der Waals surface area contributed by atoms with E-state index in [2.05, 4.69) is 0 Å². The van der Waals surface area contributed by atoms with Crippen molar-refractivity contribution in [1.82, 2.24) is 0 Å². The van der Waals surface area contributed by atoms with Gasteiger partial charge in [0, 0.05) is 6.08 Å². The predicted octanol–water partition coefficient (Wildman–Crippen LogP) is 2.71. The van der Waals surface area contributed by atoms with Crippen LogP contribution in [0.1, 0.15) is 31.1 Å². The van der Waals surface area contributed by atoms with Crippen molar-refractivity contribution in [1.29, 1.82) is 0 Å². The number of hydrogen-bond donors (Lipinski definition) is 1. The normalized spacial score (nSPS) is 10.5. The molecule has 0 bridgehead atoms. The van der Waals surface area contributed by atoms with E-state index in [9.17, 15) is 9.59 Å². The lowest BCUT2D eigenvalue weighted by molar-refractivity contribution is -0.131. The van der Waals surface area contributed by atoms with Crippen LogP contribution >= 0.6 is 0 Å². The second-order valence-electron chi connectivity index (χ2n) is 4.10. The van der Waals surface area contributed by atoms with Gasteiger partial charge in [-0.1, -0.05) is 0 Å². The average Bonchev–Trinajstić information content (AvgIpc) is 2.48. The minimum absolute atomic E-state index is 0.228. The molecular weight excluding hydrogens is 288 g/mol. The Hall–Kier alpha value is -2.50. The van der Waals surface area contributed by atoms with E-state index in [-0.39, 0.29) is 11.3 Å². The molecule has 0 fully saturated rings. The zero-order valence-electron chi connectivity index (χ0n) is 12.9. The molecule has 0 atom stereocenters. The number of benzene rings is 1. The average molecular weight is 308 g/mol. The van der Waals surface area contributed by atoms with Crippen LogP contribution in [0.25, 0.3) is 0 Å². The SMILES string of the molecule is CCOc1ccc(C(=O)/C=C/C(=O)O)c(OCC)c1OCC. The van der Waals surface area contributed by atoms with Gasteiger partial charge in [0.05, 0.1) is 25.4 Å². The van der Waals surface area contributed by atoms with Crippen LogP contribution in [0.4, 0.5) is 0 Å². The fourth-order valence-electron chi connectivity index (χ4n) is 1.81. The van der Waals surface area contributed by atoms with Gasteiger partial charge in [-0.3, -0.25) is 4.79 Å². The molecule has 0 aliphatic rings. The first-order valence-electron chi connectivity index (χ1n) is 7.05. The molecule has 0 heterocycles. The molecule has 0 aliphatic carbocycles. The molecule has 0 amide bonds. The van der Waals surface area contributed by atoms with Gasteiger partial charge >= 0.3 is 5.97 Å². The summed E-state index contributed by atoms with van der Waals surface area (Å²) in [5.41, 5.74) is 0.228. The van der Waals surface area contributed by atoms with Crippen molar-refractivity contribution in [2.24, 2.45) is 0 Å². The highest BCUT2D eigenvalue weighted by atomic mass is 16.5. The first kappa shape index (κ1) is 17.6. The highest BCUT2D eigenvalue weighted by molar-refractivity contribution is 6.09. The molecule has 0 saturated heterocycles. The summed E-state index contributed by atoms with van der Waals surface area (Å²) in [7, 11) is 0. The Morgan fingerprint density at radius 3 is 2.09 bits per heavy atom. The van der Waals surface area contributed by atoms with Crippen molar-refractivity contribution in [2.75, 3.05) is 19.8 Å². The molecule has 6 nitrogen and oxygen atoms in total.